The summed E-state index contributed by atoms with van der Waals surface area (Å²) in [5.74, 6) is -15.9. The zero-order valence-corrected chi connectivity index (χ0v) is 18.8. The Balaban J connectivity index is 1.77. The zero-order chi connectivity index (χ0) is 28.0. The number of ether oxygens (including phenoxy) is 2. The molecule has 0 heterocycles. The maximum Gasteiger partial charge on any atom is 0.251 e. The summed E-state index contributed by atoms with van der Waals surface area (Å²) in [6, 6.07) is 8.56. The van der Waals surface area contributed by atoms with Crippen molar-refractivity contribution in [1.82, 2.24) is 10.6 Å². The number of nitrogens with one attached hydrogen (secondary N) is 2. The van der Waals surface area contributed by atoms with Crippen LogP contribution in [-0.4, -0.2) is 36.8 Å². The molecule has 0 bridgehead atoms. The Bertz CT molecular complexity index is 1260. The topological polar surface area (TPSA) is 157 Å². The number of rotatable bonds is 10. The molecule has 0 radical (unpaired) electrons. The Kier molecular flexibility index (Phi) is 8.47. The van der Waals surface area contributed by atoms with E-state index in [9.17, 15) is 47.0 Å². The van der Waals surface area contributed by atoms with Crippen molar-refractivity contribution in [2.75, 3.05) is 13.1 Å². The second-order valence-corrected chi connectivity index (χ2v) is 7.28. The number of amides is 2. The van der Waals surface area contributed by atoms with Gasteiger partial charge in [0.05, 0.1) is 25.0 Å². The Hall–Kier alpha value is -5.14. The Morgan fingerprint density at radius 2 is 0.868 bits per heavy atom. The molecule has 38 heavy (non-hydrogen) atoms. The van der Waals surface area contributed by atoms with Crippen LogP contribution in [-0.2, 0) is 9.59 Å². The van der Waals surface area contributed by atoms with E-state index in [0.29, 0.717) is 0 Å². The van der Waals surface area contributed by atoms with Crippen LogP contribution >= 0.6 is 0 Å². The van der Waals surface area contributed by atoms with E-state index in [1.165, 1.54) is 0 Å². The number of carbonyl (C=O) groups is 4. The van der Waals surface area contributed by atoms with Crippen molar-refractivity contribution in [3.63, 3.8) is 0 Å². The van der Waals surface area contributed by atoms with E-state index in [-0.39, 0.29) is 22.6 Å². The molecule has 0 aliphatic rings. The highest BCUT2D eigenvalue weighted by molar-refractivity contribution is 5.96. The molecule has 3 rings (SSSR count). The number of hydrogen-bond acceptors (Lipinski definition) is 8. The monoisotopic (exact) mass is 534 g/mol. The SMILES string of the molecule is O=C([O-])CNC(=O)c1ccc(Oc2c(F)c(F)c(Oc3ccc(C(=O)NCC(=O)[O-])cc3)c(F)c2F)cc1. The third-order valence-electron chi connectivity index (χ3n) is 4.64. The fourth-order valence-corrected chi connectivity index (χ4v) is 2.86. The molecule has 0 spiro atoms. The van der Waals surface area contributed by atoms with Crippen molar-refractivity contribution in [2.45, 2.75) is 0 Å². The molecule has 0 saturated carbocycles. The van der Waals surface area contributed by atoms with Gasteiger partial charge >= 0.3 is 0 Å². The third kappa shape index (κ3) is 6.54. The van der Waals surface area contributed by atoms with Gasteiger partial charge in [-0.1, -0.05) is 0 Å². The average molecular weight is 534 g/mol. The standard InChI is InChI=1S/C24H16F4N2O8/c25-17-19(27)22(38-14-7-3-12(4-8-14)24(36)30-10-16(33)34)20(28)18(26)21(17)37-13-5-1-11(2-6-13)23(35)29-9-15(31)32/h1-8H,9-10H2,(H,29,35)(H,30,36)(H,31,32)(H,33,34)/p-2. The van der Waals surface area contributed by atoms with Crippen molar-refractivity contribution in [1.29, 1.82) is 0 Å². The number of aliphatic carboxylic acids is 2. The first-order chi connectivity index (χ1) is 18.0. The van der Waals surface area contributed by atoms with Crippen molar-refractivity contribution in [3.05, 3.63) is 82.9 Å². The third-order valence-corrected chi connectivity index (χ3v) is 4.64. The highest BCUT2D eigenvalue weighted by Gasteiger charge is 2.29. The molecule has 0 atom stereocenters. The number of hydrogen-bond donors (Lipinski definition) is 2. The van der Waals surface area contributed by atoms with Crippen LogP contribution in [0.2, 0.25) is 0 Å². The van der Waals surface area contributed by atoms with Crippen molar-refractivity contribution in [2.24, 2.45) is 0 Å². The predicted octanol–water partition coefficient (Wildman–Crippen LogP) is 0.787. The number of carboxylic acid groups (broad SMARTS) is 2. The molecule has 198 valence electrons. The molecule has 0 aliphatic carbocycles. The first-order valence-electron chi connectivity index (χ1n) is 10.4. The minimum absolute atomic E-state index is 0.0527. The minimum atomic E-state index is -1.94. The van der Waals surface area contributed by atoms with Crippen LogP contribution < -0.4 is 30.3 Å². The lowest BCUT2D eigenvalue weighted by Crippen LogP contribution is -2.37. The second-order valence-electron chi connectivity index (χ2n) is 7.28. The lowest BCUT2D eigenvalue weighted by atomic mass is 10.2. The second kappa shape index (κ2) is 11.7. The van der Waals surface area contributed by atoms with Crippen molar-refractivity contribution in [3.8, 4) is 23.0 Å². The molecule has 0 aliphatic heterocycles. The fraction of sp³-hybridized carbons (Fsp3) is 0.0833. The van der Waals surface area contributed by atoms with Gasteiger partial charge in [0.1, 0.15) is 11.5 Å². The van der Waals surface area contributed by atoms with Gasteiger partial charge in [0.2, 0.25) is 34.8 Å². The van der Waals surface area contributed by atoms with Gasteiger partial charge in [-0.2, -0.15) is 17.6 Å². The minimum Gasteiger partial charge on any atom is -0.548 e. The highest BCUT2D eigenvalue weighted by atomic mass is 19.2. The average Bonchev–Trinajstić information content (AvgIpc) is 2.90. The normalized spacial score (nSPS) is 10.4. The van der Waals surface area contributed by atoms with Gasteiger partial charge in [0, 0.05) is 11.1 Å². The van der Waals surface area contributed by atoms with Gasteiger partial charge in [0.15, 0.2) is 0 Å². The summed E-state index contributed by atoms with van der Waals surface area (Å²) in [6.07, 6.45) is 0. The van der Waals surface area contributed by atoms with Crippen molar-refractivity contribution < 1.29 is 56.4 Å². The summed E-state index contributed by atoms with van der Waals surface area (Å²) in [4.78, 5) is 44.4. The summed E-state index contributed by atoms with van der Waals surface area (Å²) in [6.45, 7) is -1.52. The molecule has 3 aromatic carbocycles. The maximum absolute atomic E-state index is 14.6. The number of halogens is 4. The summed E-state index contributed by atoms with van der Waals surface area (Å²) in [5.41, 5.74) is -0.105. The number of carbonyl (C=O) groups excluding carboxylic acids is 4. The Labute approximate surface area is 210 Å². The molecule has 14 heteroatoms. The molecular weight excluding hydrogens is 520 g/mol. The Morgan fingerprint density at radius 3 is 1.13 bits per heavy atom. The summed E-state index contributed by atoms with van der Waals surface area (Å²) < 4.78 is 68.1. The molecule has 0 saturated heterocycles. The van der Waals surface area contributed by atoms with Crippen LogP contribution in [0.4, 0.5) is 17.6 Å². The molecular formula is C24H14F4N2O8-2. The molecule has 0 aromatic heterocycles. The van der Waals surface area contributed by atoms with Crippen molar-refractivity contribution >= 4 is 23.8 Å². The smallest absolute Gasteiger partial charge is 0.251 e. The number of carboxylic acids is 2. The van der Waals surface area contributed by atoms with E-state index in [2.05, 4.69) is 0 Å². The summed E-state index contributed by atoms with van der Waals surface area (Å²) in [7, 11) is 0. The maximum atomic E-state index is 14.6. The summed E-state index contributed by atoms with van der Waals surface area (Å²) >= 11 is 0. The molecule has 10 nitrogen and oxygen atoms in total. The summed E-state index contributed by atoms with van der Waals surface area (Å²) in [5, 5.41) is 24.8. The predicted molar refractivity (Wildman–Crippen MR) is 114 cm³/mol. The van der Waals surface area contributed by atoms with Crippen LogP contribution in [0.3, 0.4) is 0 Å². The Morgan fingerprint density at radius 1 is 0.579 bits per heavy atom. The van der Waals surface area contributed by atoms with E-state index >= 15 is 0 Å². The van der Waals surface area contributed by atoms with Gasteiger partial charge in [0.25, 0.3) is 11.8 Å². The van der Waals surface area contributed by atoms with E-state index in [1.54, 1.807) is 0 Å². The molecule has 2 amide bonds. The van der Waals surface area contributed by atoms with E-state index in [1.807, 2.05) is 10.6 Å². The van der Waals surface area contributed by atoms with E-state index in [4.69, 9.17) is 9.47 Å². The number of benzene rings is 3. The highest BCUT2D eigenvalue weighted by Crippen LogP contribution is 2.38. The van der Waals surface area contributed by atoms with Crippen LogP contribution in [0.25, 0.3) is 0 Å². The van der Waals surface area contributed by atoms with Gasteiger partial charge < -0.3 is 39.9 Å². The van der Waals surface area contributed by atoms with Gasteiger partial charge in [-0.15, -0.1) is 0 Å². The molecule has 0 fully saturated rings. The fourth-order valence-electron chi connectivity index (χ4n) is 2.86. The van der Waals surface area contributed by atoms with Crippen LogP contribution in [0, 0.1) is 23.3 Å². The first kappa shape index (κ1) is 27.4. The van der Waals surface area contributed by atoms with Gasteiger partial charge in [-0.25, -0.2) is 0 Å². The lowest BCUT2D eigenvalue weighted by molar-refractivity contribution is -0.305. The van der Waals surface area contributed by atoms with Crippen LogP contribution in [0.5, 0.6) is 23.0 Å². The molecule has 2 N–H and O–H groups in total. The largest absolute Gasteiger partial charge is 0.548 e. The van der Waals surface area contributed by atoms with Gasteiger partial charge in [-0.05, 0) is 48.5 Å². The van der Waals surface area contributed by atoms with Crippen LogP contribution in [0.15, 0.2) is 48.5 Å². The van der Waals surface area contributed by atoms with E-state index < -0.39 is 71.6 Å². The first-order valence-corrected chi connectivity index (χ1v) is 10.4. The van der Waals surface area contributed by atoms with E-state index in [0.717, 1.165) is 48.5 Å². The quantitative estimate of drug-likeness (QED) is 0.286. The zero-order valence-electron chi connectivity index (χ0n) is 18.8. The van der Waals surface area contributed by atoms with Crippen LogP contribution in [0.1, 0.15) is 20.7 Å². The lowest BCUT2D eigenvalue weighted by Gasteiger charge is -2.14. The molecule has 3 aromatic rings. The molecule has 0 unspecified atom stereocenters. The van der Waals surface area contributed by atoms with Gasteiger partial charge in [-0.3, -0.25) is 9.59 Å².